The molecule has 0 aliphatic carbocycles. The van der Waals surface area contributed by atoms with Gasteiger partial charge in [-0.15, -0.1) is 0 Å². The van der Waals surface area contributed by atoms with Crippen molar-refractivity contribution < 1.29 is 17.6 Å². The Bertz CT molecular complexity index is 205. The molecule has 0 aliphatic rings. The van der Waals surface area contributed by atoms with E-state index in [-0.39, 0.29) is 0 Å². The molecule has 0 aromatic carbocycles. The number of hydrogen-bond donors (Lipinski definition) is 0. The first-order valence-electron chi connectivity index (χ1n) is 4.51. The van der Waals surface area contributed by atoms with E-state index in [0.29, 0.717) is 6.42 Å². The maximum absolute atomic E-state index is 12.3. The summed E-state index contributed by atoms with van der Waals surface area (Å²) in [5.41, 5.74) is -0.776. The Balaban J connectivity index is 4.51. The van der Waals surface area contributed by atoms with Crippen LogP contribution in [-0.2, 0) is 4.43 Å². The van der Waals surface area contributed by atoms with Crippen LogP contribution in [0.3, 0.4) is 0 Å². The van der Waals surface area contributed by atoms with E-state index in [1.54, 1.807) is 6.92 Å². The van der Waals surface area contributed by atoms with E-state index in [1.165, 1.54) is 0 Å². The Morgan fingerprint density at radius 2 is 1.79 bits per heavy atom. The minimum absolute atomic E-state index is 0.308. The Morgan fingerprint density at radius 1 is 1.36 bits per heavy atom. The Kier molecular flexibility index (Phi) is 4.39. The third-order valence-electron chi connectivity index (χ3n) is 1.62. The van der Waals surface area contributed by atoms with E-state index < -0.39 is 26.2 Å². The maximum atomic E-state index is 12.3. The van der Waals surface area contributed by atoms with Crippen LogP contribution in [-0.4, -0.2) is 20.6 Å². The Morgan fingerprint density at radius 3 is 2.00 bits per heavy atom. The van der Waals surface area contributed by atoms with Crippen LogP contribution in [0, 0.1) is 0 Å². The zero-order valence-corrected chi connectivity index (χ0v) is 10.0. The van der Waals surface area contributed by atoms with Gasteiger partial charge in [-0.1, -0.05) is 13.5 Å². The summed E-state index contributed by atoms with van der Waals surface area (Å²) in [4.78, 5) is 0. The fourth-order valence-corrected chi connectivity index (χ4v) is 2.17. The Hall–Kier alpha value is -0.293. The highest BCUT2D eigenvalue weighted by molar-refractivity contribution is 6.69. The van der Waals surface area contributed by atoms with E-state index in [2.05, 4.69) is 6.58 Å². The highest BCUT2D eigenvalue weighted by Gasteiger charge is 2.38. The van der Waals surface area contributed by atoms with Gasteiger partial charge < -0.3 is 4.43 Å². The summed E-state index contributed by atoms with van der Waals surface area (Å²) in [6.07, 6.45) is -4.93. The summed E-state index contributed by atoms with van der Waals surface area (Å²) in [5.74, 6) is 0. The van der Waals surface area contributed by atoms with E-state index in [4.69, 9.17) is 4.43 Å². The van der Waals surface area contributed by atoms with Gasteiger partial charge in [0.25, 0.3) is 0 Å². The molecule has 0 amide bonds. The van der Waals surface area contributed by atoms with Gasteiger partial charge >= 0.3 is 6.18 Å². The minimum Gasteiger partial charge on any atom is -0.411 e. The molecule has 0 aliphatic heterocycles. The maximum Gasteiger partial charge on any atom is 0.414 e. The van der Waals surface area contributed by atoms with Crippen molar-refractivity contribution in [1.29, 1.82) is 0 Å². The topological polar surface area (TPSA) is 9.23 Å². The lowest BCUT2D eigenvalue weighted by Gasteiger charge is -2.27. The predicted octanol–water partition coefficient (Wildman–Crippen LogP) is 3.74. The fraction of sp³-hybridized carbons (Fsp3) is 0.778. The summed E-state index contributed by atoms with van der Waals surface area (Å²) >= 11 is 0. The molecule has 5 heteroatoms. The number of rotatable bonds is 4. The largest absolute Gasteiger partial charge is 0.414 e. The zero-order chi connectivity index (χ0) is 11.6. The second kappa shape index (κ2) is 4.48. The SMILES string of the molecule is C=C(C(CC)O[Si](C)(C)C)C(F)(F)F. The molecule has 0 radical (unpaired) electrons. The van der Waals surface area contributed by atoms with Crippen molar-refractivity contribution in [2.75, 3.05) is 0 Å². The molecule has 0 spiro atoms. The summed E-state index contributed by atoms with van der Waals surface area (Å²) in [7, 11) is -1.94. The van der Waals surface area contributed by atoms with Gasteiger partial charge in [0.15, 0.2) is 8.32 Å². The van der Waals surface area contributed by atoms with E-state index in [1.807, 2.05) is 19.6 Å². The van der Waals surface area contributed by atoms with Crippen molar-refractivity contribution in [1.82, 2.24) is 0 Å². The third kappa shape index (κ3) is 4.81. The number of alkyl halides is 3. The van der Waals surface area contributed by atoms with Crippen LogP contribution >= 0.6 is 0 Å². The second-order valence-corrected chi connectivity index (χ2v) is 8.61. The van der Waals surface area contributed by atoms with Crippen LogP contribution in [0.5, 0.6) is 0 Å². The van der Waals surface area contributed by atoms with Crippen molar-refractivity contribution in [3.63, 3.8) is 0 Å². The van der Waals surface area contributed by atoms with Crippen molar-refractivity contribution in [2.24, 2.45) is 0 Å². The molecule has 84 valence electrons. The first-order valence-corrected chi connectivity index (χ1v) is 7.92. The smallest absolute Gasteiger partial charge is 0.411 e. The molecular weight excluding hydrogens is 209 g/mol. The third-order valence-corrected chi connectivity index (χ3v) is 2.61. The standard InChI is InChI=1S/C9H17F3OSi/c1-6-8(13-14(3,4)5)7(2)9(10,11)12/h8H,2,6H2,1,3-5H3. The average Bonchev–Trinajstić information content (AvgIpc) is 1.95. The molecule has 1 unspecified atom stereocenters. The lowest BCUT2D eigenvalue weighted by Crippen LogP contribution is -2.36. The van der Waals surface area contributed by atoms with Crippen molar-refractivity contribution >= 4 is 8.32 Å². The van der Waals surface area contributed by atoms with Gasteiger partial charge in [0.1, 0.15) is 0 Å². The molecule has 0 rings (SSSR count). The van der Waals surface area contributed by atoms with E-state index in [9.17, 15) is 13.2 Å². The molecule has 0 bridgehead atoms. The Labute approximate surface area is 84.1 Å². The molecule has 0 fully saturated rings. The molecule has 0 heterocycles. The van der Waals surface area contributed by atoms with Gasteiger partial charge in [0.05, 0.1) is 11.7 Å². The zero-order valence-electron chi connectivity index (χ0n) is 9.03. The monoisotopic (exact) mass is 226 g/mol. The molecule has 0 N–H and O–H groups in total. The summed E-state index contributed by atoms with van der Waals surface area (Å²) in [6.45, 7) is 10.3. The van der Waals surface area contributed by atoms with Crippen molar-refractivity contribution in [3.05, 3.63) is 12.2 Å². The quantitative estimate of drug-likeness (QED) is 0.524. The van der Waals surface area contributed by atoms with Gasteiger partial charge in [-0.25, -0.2) is 0 Å². The summed E-state index contributed by atoms with van der Waals surface area (Å²) < 4.78 is 42.3. The lowest BCUT2D eigenvalue weighted by atomic mass is 10.1. The highest BCUT2D eigenvalue weighted by Crippen LogP contribution is 2.30. The van der Waals surface area contributed by atoms with Crippen LogP contribution in [0.1, 0.15) is 13.3 Å². The van der Waals surface area contributed by atoms with Crippen LogP contribution in [0.15, 0.2) is 12.2 Å². The first-order chi connectivity index (χ1) is 6.08. The van der Waals surface area contributed by atoms with Gasteiger partial charge in [-0.3, -0.25) is 0 Å². The minimum atomic E-state index is -4.35. The fourth-order valence-electron chi connectivity index (χ4n) is 1.01. The predicted molar refractivity (Wildman–Crippen MR) is 53.7 cm³/mol. The molecule has 0 saturated carbocycles. The molecule has 0 aromatic rings. The van der Waals surface area contributed by atoms with Crippen molar-refractivity contribution in [2.45, 2.75) is 45.3 Å². The van der Waals surface area contributed by atoms with Gasteiger partial charge in [0.2, 0.25) is 0 Å². The van der Waals surface area contributed by atoms with Crippen LogP contribution in [0.25, 0.3) is 0 Å². The van der Waals surface area contributed by atoms with Crippen LogP contribution < -0.4 is 0 Å². The molecule has 0 aromatic heterocycles. The molecular formula is C9H17F3OSi. The van der Waals surface area contributed by atoms with Gasteiger partial charge in [-0.05, 0) is 26.1 Å². The van der Waals surface area contributed by atoms with E-state index >= 15 is 0 Å². The average molecular weight is 226 g/mol. The number of hydrogen-bond acceptors (Lipinski definition) is 1. The van der Waals surface area contributed by atoms with Gasteiger partial charge in [-0.2, -0.15) is 13.2 Å². The summed E-state index contributed by atoms with van der Waals surface area (Å²) in [6, 6.07) is 0. The molecule has 14 heavy (non-hydrogen) atoms. The van der Waals surface area contributed by atoms with E-state index in [0.717, 1.165) is 0 Å². The lowest BCUT2D eigenvalue weighted by molar-refractivity contribution is -0.103. The normalized spacial score (nSPS) is 15.4. The van der Waals surface area contributed by atoms with Crippen LogP contribution in [0.2, 0.25) is 19.6 Å². The highest BCUT2D eigenvalue weighted by atomic mass is 28.4. The number of halogens is 3. The van der Waals surface area contributed by atoms with Gasteiger partial charge in [0, 0.05) is 0 Å². The molecule has 1 nitrogen and oxygen atoms in total. The molecule has 1 atom stereocenters. The first kappa shape index (κ1) is 13.7. The van der Waals surface area contributed by atoms with Crippen molar-refractivity contribution in [3.8, 4) is 0 Å². The van der Waals surface area contributed by atoms with Crippen LogP contribution in [0.4, 0.5) is 13.2 Å². The second-order valence-electron chi connectivity index (χ2n) is 4.15. The summed E-state index contributed by atoms with van der Waals surface area (Å²) in [5, 5.41) is 0. The molecule has 0 saturated heterocycles.